The third-order valence-corrected chi connectivity index (χ3v) is 5.89. The summed E-state index contributed by atoms with van der Waals surface area (Å²) < 4.78 is 0. The minimum Gasteiger partial charge on any atom is -0.481 e. The Kier molecular flexibility index (Phi) is 13.5. The Bertz CT molecular complexity index is 836. The second-order valence-electron chi connectivity index (χ2n) is 9.54. The van der Waals surface area contributed by atoms with Gasteiger partial charge in [0.2, 0.25) is 23.6 Å². The van der Waals surface area contributed by atoms with Gasteiger partial charge in [0.15, 0.2) is 0 Å². The molecule has 1 saturated heterocycles. The summed E-state index contributed by atoms with van der Waals surface area (Å²) in [5, 5.41) is 25.1. The summed E-state index contributed by atoms with van der Waals surface area (Å²) in [4.78, 5) is 74.5. The van der Waals surface area contributed by atoms with E-state index in [1.807, 2.05) is 13.8 Å². The number of nitrogens with one attached hydrogen (secondary N) is 3. The van der Waals surface area contributed by atoms with Crippen molar-refractivity contribution in [1.29, 1.82) is 0 Å². The standard InChI is InChI=1S/C23H40N6O8/c1-13(2)10-16(21(35)26-12-19(32)33)28-22(36)17-7-5-9-29(17)23(37)15(6-3-4-8-24)27-20(34)14(25)11-18(30)31/h13-17H,3-12,24-25H2,1-2H3,(H,26,35)(H,27,34)(H,28,36)(H,30,31)(H,32,33). The van der Waals surface area contributed by atoms with Crippen molar-refractivity contribution in [2.45, 2.75) is 83.0 Å². The van der Waals surface area contributed by atoms with Crippen molar-refractivity contribution >= 4 is 35.6 Å². The second-order valence-corrected chi connectivity index (χ2v) is 9.54. The molecule has 1 rings (SSSR count). The van der Waals surface area contributed by atoms with Gasteiger partial charge in [0, 0.05) is 6.54 Å². The van der Waals surface area contributed by atoms with Gasteiger partial charge in [-0.15, -0.1) is 0 Å². The van der Waals surface area contributed by atoms with E-state index in [2.05, 4.69) is 16.0 Å². The predicted octanol–water partition coefficient (Wildman–Crippen LogP) is -1.88. The lowest BCUT2D eigenvalue weighted by Gasteiger charge is -2.30. The van der Waals surface area contributed by atoms with Gasteiger partial charge in [-0.2, -0.15) is 0 Å². The van der Waals surface area contributed by atoms with Gasteiger partial charge in [-0.05, 0) is 51.0 Å². The monoisotopic (exact) mass is 528 g/mol. The third kappa shape index (κ3) is 11.1. The summed E-state index contributed by atoms with van der Waals surface area (Å²) in [6.07, 6.45) is 1.83. The zero-order valence-electron chi connectivity index (χ0n) is 21.4. The summed E-state index contributed by atoms with van der Waals surface area (Å²) in [7, 11) is 0. The molecule has 210 valence electrons. The van der Waals surface area contributed by atoms with Crippen LogP contribution in [0.2, 0.25) is 0 Å². The fraction of sp³-hybridized carbons (Fsp3) is 0.739. The highest BCUT2D eigenvalue weighted by Crippen LogP contribution is 2.21. The number of aliphatic carboxylic acids is 2. The van der Waals surface area contributed by atoms with Crippen LogP contribution in [0.5, 0.6) is 0 Å². The van der Waals surface area contributed by atoms with E-state index in [0.717, 1.165) is 0 Å². The lowest BCUT2D eigenvalue weighted by molar-refractivity contribution is -0.143. The van der Waals surface area contributed by atoms with Crippen LogP contribution in [-0.2, 0) is 28.8 Å². The first-order chi connectivity index (χ1) is 17.4. The molecule has 1 aliphatic rings. The molecule has 4 amide bonds. The summed E-state index contributed by atoms with van der Waals surface area (Å²) in [6, 6.07) is -4.26. The quantitative estimate of drug-likeness (QED) is 0.110. The normalized spacial score (nSPS) is 17.5. The lowest BCUT2D eigenvalue weighted by Crippen LogP contribution is -2.57. The topological polar surface area (TPSA) is 234 Å². The number of carbonyl (C=O) groups excluding carboxylic acids is 4. The van der Waals surface area contributed by atoms with Gasteiger partial charge in [0.1, 0.15) is 24.7 Å². The summed E-state index contributed by atoms with van der Waals surface area (Å²) in [5.74, 6) is -4.97. The zero-order chi connectivity index (χ0) is 28.1. The number of likely N-dealkylation sites (tertiary alicyclic amines) is 1. The van der Waals surface area contributed by atoms with Crippen LogP contribution in [0.25, 0.3) is 0 Å². The molecule has 0 aromatic rings. The Hall–Kier alpha value is -3.26. The fourth-order valence-electron chi connectivity index (χ4n) is 4.07. The molecule has 0 aromatic heterocycles. The fourth-order valence-corrected chi connectivity index (χ4v) is 4.07. The maximum atomic E-state index is 13.4. The number of nitrogens with zero attached hydrogens (tertiary/aromatic N) is 1. The molecule has 1 fully saturated rings. The molecule has 1 aliphatic heterocycles. The van der Waals surface area contributed by atoms with Crippen LogP contribution in [0.4, 0.5) is 0 Å². The van der Waals surface area contributed by atoms with E-state index < -0.39 is 72.7 Å². The van der Waals surface area contributed by atoms with Gasteiger partial charge in [-0.3, -0.25) is 28.8 Å². The van der Waals surface area contributed by atoms with E-state index in [9.17, 15) is 28.8 Å². The number of hydrogen-bond acceptors (Lipinski definition) is 8. The SMILES string of the molecule is CC(C)CC(NC(=O)C1CCCN1C(=O)C(CCCCN)NC(=O)C(N)CC(=O)O)C(=O)NCC(=O)O. The van der Waals surface area contributed by atoms with Crippen molar-refractivity contribution < 1.29 is 39.0 Å². The first-order valence-electron chi connectivity index (χ1n) is 12.5. The van der Waals surface area contributed by atoms with E-state index in [0.29, 0.717) is 32.2 Å². The first kappa shape index (κ1) is 31.8. The van der Waals surface area contributed by atoms with Gasteiger partial charge in [0.05, 0.1) is 12.5 Å². The number of nitrogens with two attached hydrogens (primary N) is 2. The van der Waals surface area contributed by atoms with Crippen LogP contribution in [0.1, 0.15) is 58.8 Å². The van der Waals surface area contributed by atoms with Crippen molar-refractivity contribution in [3.63, 3.8) is 0 Å². The largest absolute Gasteiger partial charge is 0.481 e. The minimum absolute atomic E-state index is 0.0133. The lowest BCUT2D eigenvalue weighted by atomic mass is 10.0. The molecular formula is C23H40N6O8. The molecule has 14 nitrogen and oxygen atoms in total. The molecule has 0 aromatic carbocycles. The number of carboxylic acid groups (broad SMARTS) is 2. The third-order valence-electron chi connectivity index (χ3n) is 5.89. The van der Waals surface area contributed by atoms with Crippen LogP contribution >= 0.6 is 0 Å². The maximum Gasteiger partial charge on any atom is 0.322 e. The van der Waals surface area contributed by atoms with Crippen LogP contribution in [0.3, 0.4) is 0 Å². The van der Waals surface area contributed by atoms with Crippen molar-refractivity contribution in [2.75, 3.05) is 19.6 Å². The Balaban J connectivity index is 2.99. The molecule has 0 aliphatic carbocycles. The highest BCUT2D eigenvalue weighted by molar-refractivity contribution is 5.96. The summed E-state index contributed by atoms with van der Waals surface area (Å²) in [5.41, 5.74) is 11.2. The first-order valence-corrected chi connectivity index (χ1v) is 12.5. The number of unbranched alkanes of at least 4 members (excludes halogenated alkanes) is 1. The molecule has 37 heavy (non-hydrogen) atoms. The van der Waals surface area contributed by atoms with E-state index >= 15 is 0 Å². The molecule has 0 bridgehead atoms. The number of carbonyl (C=O) groups is 6. The van der Waals surface area contributed by atoms with Crippen molar-refractivity contribution in [3.8, 4) is 0 Å². The van der Waals surface area contributed by atoms with Gasteiger partial charge in [-0.1, -0.05) is 13.8 Å². The molecule has 4 atom stereocenters. The zero-order valence-corrected chi connectivity index (χ0v) is 21.4. The Labute approximate surface area is 215 Å². The van der Waals surface area contributed by atoms with Crippen molar-refractivity contribution in [1.82, 2.24) is 20.9 Å². The molecule has 0 spiro atoms. The van der Waals surface area contributed by atoms with E-state index in [-0.39, 0.29) is 25.3 Å². The average molecular weight is 529 g/mol. The van der Waals surface area contributed by atoms with Crippen molar-refractivity contribution in [2.24, 2.45) is 17.4 Å². The van der Waals surface area contributed by atoms with Crippen molar-refractivity contribution in [3.05, 3.63) is 0 Å². The molecular weight excluding hydrogens is 488 g/mol. The van der Waals surface area contributed by atoms with Crippen LogP contribution in [0.15, 0.2) is 0 Å². The highest BCUT2D eigenvalue weighted by Gasteiger charge is 2.39. The van der Waals surface area contributed by atoms with Crippen LogP contribution in [0, 0.1) is 5.92 Å². The molecule has 4 unspecified atom stereocenters. The number of hydrogen-bond donors (Lipinski definition) is 7. The maximum absolute atomic E-state index is 13.4. The number of rotatable bonds is 16. The van der Waals surface area contributed by atoms with Crippen LogP contribution < -0.4 is 27.4 Å². The highest BCUT2D eigenvalue weighted by atomic mass is 16.4. The molecule has 1 heterocycles. The van der Waals surface area contributed by atoms with Gasteiger partial charge in [0.25, 0.3) is 0 Å². The minimum atomic E-state index is -1.35. The Morgan fingerprint density at radius 3 is 2.22 bits per heavy atom. The summed E-state index contributed by atoms with van der Waals surface area (Å²) >= 11 is 0. The number of amides is 4. The van der Waals surface area contributed by atoms with E-state index in [4.69, 9.17) is 21.7 Å². The van der Waals surface area contributed by atoms with Gasteiger partial charge >= 0.3 is 11.9 Å². The molecule has 9 N–H and O–H groups in total. The van der Waals surface area contributed by atoms with E-state index in [1.165, 1.54) is 4.90 Å². The molecule has 14 heteroatoms. The van der Waals surface area contributed by atoms with Gasteiger partial charge in [-0.25, -0.2) is 0 Å². The molecule has 0 radical (unpaired) electrons. The second kappa shape index (κ2) is 15.8. The number of carboxylic acids is 2. The Morgan fingerprint density at radius 1 is 0.973 bits per heavy atom. The summed E-state index contributed by atoms with van der Waals surface area (Å²) in [6.45, 7) is 3.73. The van der Waals surface area contributed by atoms with Gasteiger partial charge < -0.3 is 42.5 Å². The van der Waals surface area contributed by atoms with Crippen LogP contribution in [-0.4, -0.2) is 94.5 Å². The van der Waals surface area contributed by atoms with E-state index in [1.54, 1.807) is 0 Å². The average Bonchev–Trinajstić information content (AvgIpc) is 3.30. The predicted molar refractivity (Wildman–Crippen MR) is 132 cm³/mol. The smallest absolute Gasteiger partial charge is 0.322 e. The Morgan fingerprint density at radius 2 is 1.65 bits per heavy atom. The molecule has 0 saturated carbocycles.